The zero-order valence-corrected chi connectivity index (χ0v) is 18.2. The van der Waals surface area contributed by atoms with Crippen molar-refractivity contribution in [2.45, 2.75) is 38.9 Å². The summed E-state index contributed by atoms with van der Waals surface area (Å²) in [6.07, 6.45) is 0. The topological polar surface area (TPSA) is 77.1 Å². The Labute approximate surface area is 178 Å². The van der Waals surface area contributed by atoms with Gasteiger partial charge in [-0.05, 0) is 63.1 Å². The number of hydrogen-bond donors (Lipinski definition) is 1. The van der Waals surface area contributed by atoms with Crippen LogP contribution < -0.4 is 10.9 Å². The van der Waals surface area contributed by atoms with E-state index in [2.05, 4.69) is 11.4 Å². The van der Waals surface area contributed by atoms with E-state index in [0.29, 0.717) is 16.3 Å². The smallest absolute Gasteiger partial charge is 0.298 e. The Morgan fingerprint density at radius 3 is 2.57 bits per heavy atom. The molecular weight excluding hydrogens is 398 g/mol. The number of para-hydroxylation sites is 1. The first-order valence-electron chi connectivity index (χ1n) is 9.78. The first-order chi connectivity index (χ1) is 14.3. The van der Waals surface area contributed by atoms with Crippen LogP contribution in [0, 0.1) is 13.8 Å². The highest BCUT2D eigenvalue weighted by molar-refractivity contribution is 7.99. The predicted molar refractivity (Wildman–Crippen MR) is 121 cm³/mol. The summed E-state index contributed by atoms with van der Waals surface area (Å²) in [5, 5.41) is 4.22. The van der Waals surface area contributed by atoms with Gasteiger partial charge in [-0.25, -0.2) is 4.98 Å². The number of aromatic nitrogens is 2. The molecule has 1 N–H and O–H groups in total. The minimum absolute atomic E-state index is 0.118. The van der Waals surface area contributed by atoms with Gasteiger partial charge in [0.25, 0.3) is 5.56 Å². The van der Waals surface area contributed by atoms with E-state index in [-0.39, 0.29) is 28.8 Å². The van der Waals surface area contributed by atoms with Gasteiger partial charge in [0.1, 0.15) is 11.1 Å². The average Bonchev–Trinajstić information content (AvgIpc) is 3.04. The summed E-state index contributed by atoms with van der Waals surface area (Å²) >= 11 is 1.25. The average molecular weight is 422 g/mol. The molecule has 0 aliphatic carbocycles. The van der Waals surface area contributed by atoms with Crippen molar-refractivity contribution in [2.24, 2.45) is 0 Å². The second kappa shape index (κ2) is 7.99. The van der Waals surface area contributed by atoms with Gasteiger partial charge in [-0.1, -0.05) is 30.0 Å². The SMILES string of the molecule is Cc1cc(C)cc(NC(=O)CSc2nc3c(oc4ccccc43)c(=O)n2C(C)C)c1. The Kier molecular flexibility index (Phi) is 5.39. The maximum absolute atomic E-state index is 13.1. The Hall–Kier alpha value is -3.06. The highest BCUT2D eigenvalue weighted by Gasteiger charge is 2.20. The summed E-state index contributed by atoms with van der Waals surface area (Å²) in [6, 6.07) is 13.3. The molecule has 2 heterocycles. The molecule has 0 bridgehead atoms. The number of benzene rings is 2. The van der Waals surface area contributed by atoms with Crippen molar-refractivity contribution in [1.29, 1.82) is 0 Å². The van der Waals surface area contributed by atoms with Crippen LogP contribution >= 0.6 is 11.8 Å². The monoisotopic (exact) mass is 421 g/mol. The highest BCUT2D eigenvalue weighted by Crippen LogP contribution is 2.28. The summed E-state index contributed by atoms with van der Waals surface area (Å²) in [4.78, 5) is 30.3. The molecule has 0 saturated carbocycles. The van der Waals surface area contributed by atoms with E-state index in [1.54, 1.807) is 4.57 Å². The fourth-order valence-corrected chi connectivity index (χ4v) is 4.49. The number of rotatable bonds is 5. The van der Waals surface area contributed by atoms with Crippen LogP contribution in [0.15, 0.2) is 56.8 Å². The van der Waals surface area contributed by atoms with Gasteiger partial charge < -0.3 is 9.73 Å². The molecule has 2 aromatic heterocycles. The number of thioether (sulfide) groups is 1. The van der Waals surface area contributed by atoms with Crippen LogP contribution in [0.25, 0.3) is 22.1 Å². The number of amides is 1. The number of hydrogen-bond acceptors (Lipinski definition) is 5. The molecular formula is C23H23N3O3S. The van der Waals surface area contributed by atoms with Crippen molar-refractivity contribution in [1.82, 2.24) is 9.55 Å². The number of fused-ring (bicyclic) bond motifs is 3. The van der Waals surface area contributed by atoms with E-state index in [0.717, 1.165) is 22.2 Å². The maximum Gasteiger partial charge on any atom is 0.298 e. The molecule has 1 amide bonds. The molecule has 0 fully saturated rings. The van der Waals surface area contributed by atoms with Crippen LogP contribution in [0.3, 0.4) is 0 Å². The number of aryl methyl sites for hydroxylation is 2. The second-order valence-electron chi connectivity index (χ2n) is 7.65. The van der Waals surface area contributed by atoms with Crippen molar-refractivity contribution in [3.8, 4) is 0 Å². The normalized spacial score (nSPS) is 11.5. The quantitative estimate of drug-likeness (QED) is 0.360. The summed E-state index contributed by atoms with van der Waals surface area (Å²) in [7, 11) is 0. The van der Waals surface area contributed by atoms with Crippen LogP contribution in [0.2, 0.25) is 0 Å². The summed E-state index contributed by atoms with van der Waals surface area (Å²) in [5.41, 5.74) is 4.11. The van der Waals surface area contributed by atoms with Crippen molar-refractivity contribution in [3.63, 3.8) is 0 Å². The number of nitrogens with one attached hydrogen (secondary N) is 1. The van der Waals surface area contributed by atoms with Crippen LogP contribution in [-0.2, 0) is 4.79 Å². The minimum atomic E-state index is -0.233. The number of anilines is 1. The van der Waals surface area contributed by atoms with E-state index >= 15 is 0 Å². The van der Waals surface area contributed by atoms with Crippen LogP contribution in [0.4, 0.5) is 5.69 Å². The van der Waals surface area contributed by atoms with Crippen molar-refractivity contribution >= 4 is 45.4 Å². The molecule has 4 rings (SSSR count). The molecule has 0 unspecified atom stereocenters. The van der Waals surface area contributed by atoms with Gasteiger partial charge in [0.2, 0.25) is 11.5 Å². The fraction of sp³-hybridized carbons (Fsp3) is 0.261. The van der Waals surface area contributed by atoms with Gasteiger partial charge in [-0.3, -0.25) is 14.2 Å². The van der Waals surface area contributed by atoms with E-state index < -0.39 is 0 Å². The van der Waals surface area contributed by atoms with E-state index in [4.69, 9.17) is 9.40 Å². The third-order valence-corrected chi connectivity index (χ3v) is 5.70. The molecule has 154 valence electrons. The number of furan rings is 1. The Bertz CT molecular complexity index is 1300. The molecule has 0 spiro atoms. The second-order valence-corrected chi connectivity index (χ2v) is 8.59. The van der Waals surface area contributed by atoms with Gasteiger partial charge in [0.15, 0.2) is 5.16 Å². The van der Waals surface area contributed by atoms with Crippen LogP contribution in [0.1, 0.15) is 31.0 Å². The van der Waals surface area contributed by atoms with Crippen molar-refractivity contribution in [3.05, 3.63) is 63.9 Å². The molecule has 0 atom stereocenters. The zero-order chi connectivity index (χ0) is 21.4. The maximum atomic E-state index is 13.1. The van der Waals surface area contributed by atoms with E-state index in [9.17, 15) is 9.59 Å². The molecule has 2 aromatic carbocycles. The molecule has 0 saturated heterocycles. The molecule has 0 aliphatic rings. The van der Waals surface area contributed by atoms with Gasteiger partial charge >= 0.3 is 0 Å². The third-order valence-electron chi connectivity index (χ3n) is 4.75. The lowest BCUT2D eigenvalue weighted by molar-refractivity contribution is -0.113. The molecule has 4 aromatic rings. The van der Waals surface area contributed by atoms with Gasteiger partial charge in [-0.2, -0.15) is 0 Å². The first kappa shape index (κ1) is 20.2. The predicted octanol–water partition coefficient (Wildman–Crippen LogP) is 5.07. The standard InChI is InChI=1S/C23H23N3O3S/c1-13(2)26-22(28)21-20(17-7-5-6-8-18(17)29-21)25-23(26)30-12-19(27)24-16-10-14(3)9-15(4)11-16/h5-11,13H,12H2,1-4H3,(H,24,27). The zero-order valence-electron chi connectivity index (χ0n) is 17.4. The number of carbonyl (C=O) groups excluding carboxylic acids is 1. The van der Waals surface area contributed by atoms with Gasteiger partial charge in [-0.15, -0.1) is 0 Å². The fourth-order valence-electron chi connectivity index (χ4n) is 3.56. The van der Waals surface area contributed by atoms with Crippen molar-refractivity contribution in [2.75, 3.05) is 11.1 Å². The van der Waals surface area contributed by atoms with Gasteiger partial charge in [0.05, 0.1) is 5.75 Å². The lowest BCUT2D eigenvalue weighted by Gasteiger charge is -2.14. The molecule has 7 heteroatoms. The van der Waals surface area contributed by atoms with E-state index in [1.165, 1.54) is 11.8 Å². The highest BCUT2D eigenvalue weighted by atomic mass is 32.2. The Balaban J connectivity index is 1.65. The summed E-state index contributed by atoms with van der Waals surface area (Å²) in [5.74, 6) is -0.000301. The van der Waals surface area contributed by atoms with E-state index in [1.807, 2.05) is 64.1 Å². The molecule has 30 heavy (non-hydrogen) atoms. The number of nitrogens with zero attached hydrogens (tertiary/aromatic N) is 2. The lowest BCUT2D eigenvalue weighted by atomic mass is 10.1. The van der Waals surface area contributed by atoms with Crippen LogP contribution in [0.5, 0.6) is 0 Å². The number of carbonyl (C=O) groups is 1. The molecule has 0 aliphatic heterocycles. The largest absolute Gasteiger partial charge is 0.448 e. The third kappa shape index (κ3) is 3.85. The summed E-state index contributed by atoms with van der Waals surface area (Å²) in [6.45, 7) is 7.81. The summed E-state index contributed by atoms with van der Waals surface area (Å²) < 4.78 is 7.35. The lowest BCUT2D eigenvalue weighted by Crippen LogP contribution is -2.25. The first-order valence-corrected chi connectivity index (χ1v) is 10.8. The van der Waals surface area contributed by atoms with Crippen LogP contribution in [-0.4, -0.2) is 21.2 Å². The Morgan fingerprint density at radius 2 is 1.87 bits per heavy atom. The Morgan fingerprint density at radius 1 is 1.17 bits per heavy atom. The molecule has 6 nitrogen and oxygen atoms in total. The van der Waals surface area contributed by atoms with Gasteiger partial charge in [0, 0.05) is 17.1 Å². The van der Waals surface area contributed by atoms with Crippen molar-refractivity contribution < 1.29 is 9.21 Å². The minimum Gasteiger partial charge on any atom is -0.448 e. The molecule has 0 radical (unpaired) electrons.